The summed E-state index contributed by atoms with van der Waals surface area (Å²) >= 11 is 0. The van der Waals surface area contributed by atoms with Crippen LogP contribution in [0.15, 0.2) is 24.8 Å². The van der Waals surface area contributed by atoms with Crippen molar-refractivity contribution >= 4 is 11.9 Å². The molecule has 3 unspecified atom stereocenters. The fourth-order valence-electron chi connectivity index (χ4n) is 3.95. The summed E-state index contributed by atoms with van der Waals surface area (Å²) in [4.78, 5) is 23.9. The number of ether oxygens (including phenoxy) is 2. The van der Waals surface area contributed by atoms with E-state index in [4.69, 9.17) is 9.47 Å². The summed E-state index contributed by atoms with van der Waals surface area (Å²) in [6, 6.07) is 0. The van der Waals surface area contributed by atoms with Crippen LogP contribution < -0.4 is 0 Å². The van der Waals surface area contributed by atoms with Gasteiger partial charge in [0.2, 0.25) is 0 Å². The molecule has 0 aromatic heterocycles. The molecule has 3 aliphatic carbocycles. The molecular formula is C17H22O4. The van der Waals surface area contributed by atoms with Crippen molar-refractivity contribution in [1.29, 1.82) is 0 Å². The molecule has 0 N–H and O–H groups in total. The SMILES string of the molecule is C=CC(=O)OC12C=CC(C1)C(C(=O)OC1(C)CCCC1)C2. The van der Waals surface area contributed by atoms with Crippen LogP contribution in [0.4, 0.5) is 0 Å². The topological polar surface area (TPSA) is 52.6 Å². The van der Waals surface area contributed by atoms with Gasteiger partial charge in [0.15, 0.2) is 0 Å². The first-order chi connectivity index (χ1) is 9.95. The van der Waals surface area contributed by atoms with E-state index in [0.717, 1.165) is 25.7 Å². The monoisotopic (exact) mass is 290 g/mol. The van der Waals surface area contributed by atoms with Crippen LogP contribution in [0.25, 0.3) is 0 Å². The Morgan fingerprint density at radius 3 is 2.62 bits per heavy atom. The van der Waals surface area contributed by atoms with E-state index in [1.54, 1.807) is 0 Å². The molecule has 0 saturated heterocycles. The Morgan fingerprint density at radius 1 is 1.24 bits per heavy atom. The number of hydrogen-bond donors (Lipinski definition) is 0. The number of carbonyl (C=O) groups excluding carboxylic acids is 2. The first-order valence-electron chi connectivity index (χ1n) is 7.73. The normalized spacial score (nSPS) is 35.7. The second-order valence-electron chi connectivity index (χ2n) is 6.81. The van der Waals surface area contributed by atoms with Gasteiger partial charge < -0.3 is 9.47 Å². The minimum absolute atomic E-state index is 0.125. The molecule has 3 rings (SSSR count). The lowest BCUT2D eigenvalue weighted by atomic mass is 9.92. The smallest absolute Gasteiger partial charge is 0.331 e. The molecule has 0 aliphatic heterocycles. The first-order valence-corrected chi connectivity index (χ1v) is 7.73. The highest BCUT2D eigenvalue weighted by Crippen LogP contribution is 2.50. The number of fused-ring (bicyclic) bond motifs is 2. The zero-order chi connectivity index (χ0) is 15.1. The molecular weight excluding hydrogens is 268 g/mol. The van der Waals surface area contributed by atoms with E-state index in [9.17, 15) is 9.59 Å². The van der Waals surface area contributed by atoms with Gasteiger partial charge in [-0.25, -0.2) is 4.79 Å². The van der Waals surface area contributed by atoms with Gasteiger partial charge in [-0.15, -0.1) is 0 Å². The number of hydrogen-bond acceptors (Lipinski definition) is 4. The molecule has 2 saturated carbocycles. The molecule has 0 aromatic rings. The van der Waals surface area contributed by atoms with Gasteiger partial charge in [0, 0.05) is 12.5 Å². The summed E-state index contributed by atoms with van der Waals surface area (Å²) in [5, 5.41) is 0. The minimum Gasteiger partial charge on any atom is -0.459 e. The summed E-state index contributed by atoms with van der Waals surface area (Å²) in [5.41, 5.74) is -0.927. The molecule has 0 radical (unpaired) electrons. The van der Waals surface area contributed by atoms with E-state index >= 15 is 0 Å². The van der Waals surface area contributed by atoms with Crippen LogP contribution >= 0.6 is 0 Å². The second-order valence-corrected chi connectivity index (χ2v) is 6.81. The zero-order valence-electron chi connectivity index (χ0n) is 12.5. The Labute approximate surface area is 125 Å². The molecule has 4 heteroatoms. The van der Waals surface area contributed by atoms with E-state index in [0.29, 0.717) is 12.8 Å². The standard InChI is InChI=1S/C17H22O4/c1-3-14(18)20-17-9-6-12(10-17)13(11-17)15(19)21-16(2)7-4-5-8-16/h3,6,9,12-13H,1,4-5,7-8,10-11H2,2H3. The molecule has 0 amide bonds. The Bertz CT molecular complexity index is 501. The van der Waals surface area contributed by atoms with Crippen LogP contribution in [0.3, 0.4) is 0 Å². The average Bonchev–Trinajstić information content (AvgIpc) is 3.12. The third-order valence-corrected chi connectivity index (χ3v) is 5.09. The molecule has 114 valence electrons. The highest BCUT2D eigenvalue weighted by molar-refractivity contribution is 5.82. The number of esters is 2. The summed E-state index contributed by atoms with van der Waals surface area (Å²) in [5.74, 6) is -0.632. The van der Waals surface area contributed by atoms with Crippen LogP contribution in [0, 0.1) is 11.8 Å². The van der Waals surface area contributed by atoms with Crippen molar-refractivity contribution in [2.75, 3.05) is 0 Å². The first kappa shape index (κ1) is 14.4. The largest absolute Gasteiger partial charge is 0.459 e. The van der Waals surface area contributed by atoms with Crippen LogP contribution in [-0.4, -0.2) is 23.1 Å². The number of carbonyl (C=O) groups is 2. The molecule has 2 bridgehead atoms. The lowest BCUT2D eigenvalue weighted by Gasteiger charge is -2.29. The number of allylic oxidation sites excluding steroid dienone is 1. The molecule has 4 nitrogen and oxygen atoms in total. The van der Waals surface area contributed by atoms with Crippen LogP contribution in [0.1, 0.15) is 45.4 Å². The van der Waals surface area contributed by atoms with Gasteiger partial charge in [-0.1, -0.05) is 12.7 Å². The Balaban J connectivity index is 1.66. The summed E-state index contributed by atoms with van der Waals surface area (Å²) in [6.45, 7) is 5.45. The van der Waals surface area contributed by atoms with Crippen molar-refractivity contribution in [1.82, 2.24) is 0 Å². The summed E-state index contributed by atoms with van der Waals surface area (Å²) < 4.78 is 11.2. The second kappa shape index (κ2) is 5.00. The van der Waals surface area contributed by atoms with Crippen molar-refractivity contribution in [3.8, 4) is 0 Å². The van der Waals surface area contributed by atoms with Crippen molar-refractivity contribution in [3.05, 3.63) is 24.8 Å². The minimum atomic E-state index is -0.629. The molecule has 3 atom stereocenters. The van der Waals surface area contributed by atoms with Gasteiger partial charge in [0.05, 0.1) is 5.92 Å². The van der Waals surface area contributed by atoms with Crippen LogP contribution in [-0.2, 0) is 19.1 Å². The molecule has 2 fully saturated rings. The van der Waals surface area contributed by atoms with Crippen molar-refractivity contribution in [3.63, 3.8) is 0 Å². The average molecular weight is 290 g/mol. The lowest BCUT2D eigenvalue weighted by Crippen LogP contribution is -2.35. The molecule has 21 heavy (non-hydrogen) atoms. The highest BCUT2D eigenvalue weighted by Gasteiger charge is 2.53. The maximum atomic E-state index is 12.5. The van der Waals surface area contributed by atoms with Gasteiger partial charge in [-0.3, -0.25) is 4.79 Å². The lowest BCUT2D eigenvalue weighted by molar-refractivity contribution is -0.165. The van der Waals surface area contributed by atoms with Crippen LogP contribution in [0.2, 0.25) is 0 Å². The van der Waals surface area contributed by atoms with E-state index in [1.165, 1.54) is 6.08 Å². The predicted molar refractivity (Wildman–Crippen MR) is 77.3 cm³/mol. The Morgan fingerprint density at radius 2 is 1.95 bits per heavy atom. The Kier molecular flexibility index (Phi) is 3.42. The molecule has 3 aliphatic rings. The van der Waals surface area contributed by atoms with E-state index < -0.39 is 11.6 Å². The molecule has 0 heterocycles. The Hall–Kier alpha value is -1.58. The van der Waals surface area contributed by atoms with Gasteiger partial charge >= 0.3 is 11.9 Å². The van der Waals surface area contributed by atoms with Gasteiger partial charge in [-0.2, -0.15) is 0 Å². The van der Waals surface area contributed by atoms with E-state index in [2.05, 4.69) is 6.58 Å². The maximum absolute atomic E-state index is 12.5. The fraction of sp³-hybridized carbons (Fsp3) is 0.647. The zero-order valence-corrected chi connectivity index (χ0v) is 12.5. The van der Waals surface area contributed by atoms with E-state index in [1.807, 2.05) is 19.1 Å². The van der Waals surface area contributed by atoms with Crippen molar-refractivity contribution in [2.24, 2.45) is 11.8 Å². The quantitative estimate of drug-likeness (QED) is 0.454. The highest BCUT2D eigenvalue weighted by atomic mass is 16.6. The van der Waals surface area contributed by atoms with Crippen LogP contribution in [0.5, 0.6) is 0 Å². The number of rotatable bonds is 4. The van der Waals surface area contributed by atoms with Gasteiger partial charge in [-0.05, 0) is 51.0 Å². The molecule has 0 spiro atoms. The summed E-state index contributed by atoms with van der Waals surface area (Å²) in [7, 11) is 0. The van der Waals surface area contributed by atoms with Crippen molar-refractivity contribution < 1.29 is 19.1 Å². The maximum Gasteiger partial charge on any atom is 0.331 e. The molecule has 0 aromatic carbocycles. The van der Waals surface area contributed by atoms with E-state index in [-0.39, 0.29) is 23.4 Å². The third-order valence-electron chi connectivity index (χ3n) is 5.09. The van der Waals surface area contributed by atoms with Gasteiger partial charge in [0.25, 0.3) is 0 Å². The third kappa shape index (κ3) is 2.63. The predicted octanol–water partition coefficient (Wildman–Crippen LogP) is 2.93. The fourth-order valence-corrected chi connectivity index (χ4v) is 3.95. The van der Waals surface area contributed by atoms with Crippen molar-refractivity contribution in [2.45, 2.75) is 56.7 Å². The summed E-state index contributed by atoms with van der Waals surface area (Å²) in [6.07, 6.45) is 10.4. The van der Waals surface area contributed by atoms with Gasteiger partial charge in [0.1, 0.15) is 11.2 Å².